The largest absolute Gasteiger partial charge is 0.0648 e. The summed E-state index contributed by atoms with van der Waals surface area (Å²) in [5.74, 6) is 3.27. The molecule has 0 rings (SSSR count). The van der Waals surface area contributed by atoms with Crippen molar-refractivity contribution in [3.05, 3.63) is 0 Å². The van der Waals surface area contributed by atoms with Gasteiger partial charge in [-0.05, 0) is 35.5 Å². The summed E-state index contributed by atoms with van der Waals surface area (Å²) >= 11 is 0. The average molecular weight is 212 g/mol. The van der Waals surface area contributed by atoms with Gasteiger partial charge >= 0.3 is 0 Å². The first-order valence-electron chi connectivity index (χ1n) is 6.75. The highest BCUT2D eigenvalue weighted by atomic mass is 14.4. The van der Waals surface area contributed by atoms with Crippen molar-refractivity contribution in [3.8, 4) is 0 Å². The Bertz CT molecular complexity index is 169. The Morgan fingerprint density at radius 1 is 0.933 bits per heavy atom. The van der Waals surface area contributed by atoms with Crippen molar-refractivity contribution in [2.75, 3.05) is 0 Å². The van der Waals surface area contributed by atoms with Crippen molar-refractivity contribution in [2.45, 2.75) is 68.2 Å². The Labute approximate surface area is 97.8 Å². The lowest BCUT2D eigenvalue weighted by molar-refractivity contribution is 0.0627. The van der Waals surface area contributed by atoms with Crippen molar-refractivity contribution in [1.29, 1.82) is 0 Å². The number of hydrogen-bond donors (Lipinski definition) is 0. The quantitative estimate of drug-likeness (QED) is 0.554. The molecule has 3 atom stereocenters. The number of hydrogen-bond acceptors (Lipinski definition) is 0. The summed E-state index contributed by atoms with van der Waals surface area (Å²) in [6, 6.07) is 0. The molecule has 0 heteroatoms. The van der Waals surface area contributed by atoms with Crippen LogP contribution < -0.4 is 0 Å². The van der Waals surface area contributed by atoms with Gasteiger partial charge in [-0.2, -0.15) is 0 Å². The maximum Gasteiger partial charge on any atom is -0.0275 e. The zero-order chi connectivity index (χ0) is 12.2. The van der Waals surface area contributed by atoms with Crippen LogP contribution in [0.25, 0.3) is 0 Å². The summed E-state index contributed by atoms with van der Waals surface area (Å²) in [6.45, 7) is 19.1. The molecule has 0 aromatic rings. The van der Waals surface area contributed by atoms with E-state index in [1.54, 1.807) is 0 Å². The molecule has 0 aromatic heterocycles. The fourth-order valence-corrected chi connectivity index (χ4v) is 2.86. The van der Waals surface area contributed by atoms with E-state index in [2.05, 4.69) is 55.4 Å². The molecule has 0 fully saturated rings. The predicted molar refractivity (Wildman–Crippen MR) is 71.0 cm³/mol. The summed E-state index contributed by atoms with van der Waals surface area (Å²) in [7, 11) is 0. The lowest BCUT2D eigenvalue weighted by Gasteiger charge is -2.43. The van der Waals surface area contributed by atoms with E-state index in [0.29, 0.717) is 5.41 Å². The van der Waals surface area contributed by atoms with Crippen molar-refractivity contribution in [2.24, 2.45) is 29.1 Å². The second kappa shape index (κ2) is 5.92. The molecule has 0 spiro atoms. The van der Waals surface area contributed by atoms with Crippen LogP contribution in [-0.2, 0) is 0 Å². The number of rotatable bonds is 6. The minimum absolute atomic E-state index is 0.512. The summed E-state index contributed by atoms with van der Waals surface area (Å²) in [5, 5.41) is 0. The molecule has 0 aliphatic carbocycles. The van der Waals surface area contributed by atoms with Crippen LogP contribution >= 0.6 is 0 Å². The van der Waals surface area contributed by atoms with Crippen LogP contribution in [0.15, 0.2) is 0 Å². The van der Waals surface area contributed by atoms with Gasteiger partial charge in [0.2, 0.25) is 0 Å². The second-order valence-electron chi connectivity index (χ2n) is 6.42. The van der Waals surface area contributed by atoms with Crippen molar-refractivity contribution < 1.29 is 0 Å². The molecule has 0 aliphatic rings. The molecule has 0 saturated carbocycles. The molecule has 0 aliphatic heterocycles. The molecule has 92 valence electrons. The van der Waals surface area contributed by atoms with E-state index < -0.39 is 0 Å². The van der Waals surface area contributed by atoms with Gasteiger partial charge in [0, 0.05) is 0 Å². The Morgan fingerprint density at radius 2 is 1.40 bits per heavy atom. The molecule has 0 N–H and O–H groups in total. The second-order valence-corrected chi connectivity index (χ2v) is 6.42. The normalized spacial score (nSPS) is 20.4. The molecule has 0 bridgehead atoms. The van der Waals surface area contributed by atoms with E-state index in [-0.39, 0.29) is 0 Å². The molecule has 15 heavy (non-hydrogen) atoms. The lowest BCUT2D eigenvalue weighted by Crippen LogP contribution is -2.35. The van der Waals surface area contributed by atoms with Crippen LogP contribution in [0.3, 0.4) is 0 Å². The topological polar surface area (TPSA) is 0 Å². The van der Waals surface area contributed by atoms with E-state index in [0.717, 1.165) is 23.7 Å². The van der Waals surface area contributed by atoms with Crippen molar-refractivity contribution in [1.82, 2.24) is 0 Å². The highest BCUT2D eigenvalue weighted by Gasteiger charge is 2.36. The van der Waals surface area contributed by atoms with Crippen LogP contribution in [0.2, 0.25) is 0 Å². The van der Waals surface area contributed by atoms with Crippen LogP contribution in [-0.4, -0.2) is 0 Å². The van der Waals surface area contributed by atoms with Gasteiger partial charge in [0.15, 0.2) is 0 Å². The molecular formula is C15H32. The molecule has 0 amide bonds. The minimum atomic E-state index is 0.512. The van der Waals surface area contributed by atoms with Gasteiger partial charge in [0.1, 0.15) is 0 Å². The molecule has 0 radical (unpaired) electrons. The van der Waals surface area contributed by atoms with Gasteiger partial charge in [0.25, 0.3) is 0 Å². The fraction of sp³-hybridized carbons (Fsp3) is 1.00. The summed E-state index contributed by atoms with van der Waals surface area (Å²) in [6.07, 6.45) is 2.67. The lowest BCUT2D eigenvalue weighted by atomic mass is 9.62. The van der Waals surface area contributed by atoms with Gasteiger partial charge in [-0.3, -0.25) is 0 Å². The van der Waals surface area contributed by atoms with E-state index in [4.69, 9.17) is 0 Å². The highest BCUT2D eigenvalue weighted by molar-refractivity contribution is 4.85. The van der Waals surface area contributed by atoms with Crippen LogP contribution in [0.5, 0.6) is 0 Å². The van der Waals surface area contributed by atoms with E-state index >= 15 is 0 Å². The van der Waals surface area contributed by atoms with Gasteiger partial charge in [-0.15, -0.1) is 0 Å². The van der Waals surface area contributed by atoms with Gasteiger partial charge in [-0.25, -0.2) is 0 Å². The third-order valence-corrected chi connectivity index (χ3v) is 4.75. The van der Waals surface area contributed by atoms with Crippen molar-refractivity contribution in [3.63, 3.8) is 0 Å². The zero-order valence-electron chi connectivity index (χ0n) is 12.2. The third-order valence-electron chi connectivity index (χ3n) is 4.75. The zero-order valence-corrected chi connectivity index (χ0v) is 12.2. The maximum atomic E-state index is 2.49. The average Bonchev–Trinajstić information content (AvgIpc) is 2.14. The van der Waals surface area contributed by atoms with Crippen molar-refractivity contribution >= 4 is 0 Å². The first kappa shape index (κ1) is 15.0. The first-order chi connectivity index (χ1) is 6.75. The minimum Gasteiger partial charge on any atom is -0.0648 e. The van der Waals surface area contributed by atoms with Gasteiger partial charge in [-0.1, -0.05) is 61.8 Å². The standard InChI is InChI=1S/C15H32/c1-9-15(8,14(7)12(4)5)13(6)10-11(2)3/h11-14H,9-10H2,1-8H3. The molecule has 0 heterocycles. The SMILES string of the molecule is CCC(C)(C(C)CC(C)C)C(C)C(C)C. The maximum absolute atomic E-state index is 2.49. The highest BCUT2D eigenvalue weighted by Crippen LogP contribution is 2.44. The summed E-state index contributed by atoms with van der Waals surface area (Å²) in [5.41, 5.74) is 0.512. The van der Waals surface area contributed by atoms with Crippen LogP contribution in [0.1, 0.15) is 68.2 Å². The summed E-state index contributed by atoms with van der Waals surface area (Å²) < 4.78 is 0. The first-order valence-corrected chi connectivity index (χ1v) is 6.75. The Morgan fingerprint density at radius 3 is 1.67 bits per heavy atom. The summed E-state index contributed by atoms with van der Waals surface area (Å²) in [4.78, 5) is 0. The van der Waals surface area contributed by atoms with Gasteiger partial charge < -0.3 is 0 Å². The Balaban J connectivity index is 4.67. The Kier molecular flexibility index (Phi) is 5.92. The monoisotopic (exact) mass is 212 g/mol. The molecule has 0 saturated heterocycles. The fourth-order valence-electron chi connectivity index (χ4n) is 2.86. The van der Waals surface area contributed by atoms with E-state index in [9.17, 15) is 0 Å². The van der Waals surface area contributed by atoms with Gasteiger partial charge in [0.05, 0.1) is 0 Å². The Hall–Kier alpha value is 0. The van der Waals surface area contributed by atoms with E-state index in [1.165, 1.54) is 12.8 Å². The molecule has 0 aromatic carbocycles. The molecule has 3 unspecified atom stereocenters. The van der Waals surface area contributed by atoms with Crippen LogP contribution in [0, 0.1) is 29.1 Å². The molecule has 0 nitrogen and oxygen atoms in total. The smallest absolute Gasteiger partial charge is 0.0275 e. The van der Waals surface area contributed by atoms with Crippen LogP contribution in [0.4, 0.5) is 0 Å². The predicted octanol–water partition coefficient (Wildman–Crippen LogP) is 5.38. The third kappa shape index (κ3) is 3.81. The molecular weight excluding hydrogens is 180 g/mol. The van der Waals surface area contributed by atoms with E-state index in [1.807, 2.05) is 0 Å².